The molecule has 1 fully saturated rings. The molecule has 2 aromatic heterocycles. The van der Waals surface area contributed by atoms with Crippen LogP contribution in [0.25, 0.3) is 5.13 Å². The van der Waals surface area contributed by atoms with E-state index >= 15 is 0 Å². The first-order valence-corrected chi connectivity index (χ1v) is 11.9. The Bertz CT molecular complexity index is 1070. The number of methoxy groups -OCH3 is 2. The summed E-state index contributed by atoms with van der Waals surface area (Å²) in [6.07, 6.45) is 2.53. The van der Waals surface area contributed by atoms with Crippen LogP contribution in [0.4, 0.5) is 5.13 Å². The molecule has 1 aliphatic rings. The van der Waals surface area contributed by atoms with Gasteiger partial charge in [0.05, 0.1) is 14.2 Å². The van der Waals surface area contributed by atoms with Crippen molar-refractivity contribution in [3.05, 3.63) is 47.8 Å². The first-order chi connectivity index (χ1) is 16.1. The second kappa shape index (κ2) is 10.7. The highest BCUT2D eigenvalue weighted by molar-refractivity contribution is 7.17. The highest BCUT2D eigenvalue weighted by Crippen LogP contribution is 2.28. The summed E-state index contributed by atoms with van der Waals surface area (Å²) in [5.74, 6) is 1.22. The maximum atomic E-state index is 12.9. The van der Waals surface area contributed by atoms with Gasteiger partial charge >= 0.3 is 0 Å². The maximum Gasteiger partial charge on any atom is 0.268 e. The summed E-state index contributed by atoms with van der Waals surface area (Å²) in [6, 6.07) is 9.42. The summed E-state index contributed by atoms with van der Waals surface area (Å²) in [4.78, 5) is 17.5. The van der Waals surface area contributed by atoms with E-state index in [0.717, 1.165) is 43.4 Å². The molecule has 1 aliphatic heterocycles. The molecule has 0 aliphatic carbocycles. The van der Waals surface area contributed by atoms with Crippen LogP contribution in [0.5, 0.6) is 11.5 Å². The molecule has 0 bridgehead atoms. The number of benzene rings is 1. The van der Waals surface area contributed by atoms with Crippen molar-refractivity contribution in [2.24, 2.45) is 0 Å². The van der Waals surface area contributed by atoms with Crippen LogP contribution in [0.3, 0.4) is 0 Å². The van der Waals surface area contributed by atoms with E-state index in [9.17, 15) is 4.79 Å². The lowest BCUT2D eigenvalue weighted by Crippen LogP contribution is -2.46. The zero-order valence-corrected chi connectivity index (χ0v) is 20.1. The molecule has 0 atom stereocenters. The van der Waals surface area contributed by atoms with Gasteiger partial charge in [-0.2, -0.15) is 0 Å². The number of carbonyl (C=O) groups is 1. The minimum atomic E-state index is -0.145. The molecule has 10 heteroatoms. The van der Waals surface area contributed by atoms with E-state index in [-0.39, 0.29) is 5.91 Å². The monoisotopic (exact) mass is 470 g/mol. The molecular weight excluding hydrogens is 440 g/mol. The summed E-state index contributed by atoms with van der Waals surface area (Å²) >= 11 is 1.51. The molecule has 1 amide bonds. The summed E-state index contributed by atoms with van der Waals surface area (Å²) in [5, 5.41) is 13.3. The predicted octanol–water partition coefficient (Wildman–Crippen LogP) is 2.46. The Labute approximate surface area is 197 Å². The standard InChI is InChI=1S/C23H30N6O3S/c1-4-27-12-14-28(15-13-27)22-25-26-23(33-22)29-11-5-6-18(29)21(30)24-10-9-17-7-8-19(31-2)20(16-17)32-3/h5-8,11,16H,4,9-10,12-15H2,1-3H3,(H,24,30). The number of hydrogen-bond donors (Lipinski definition) is 1. The molecule has 1 aromatic carbocycles. The van der Waals surface area contributed by atoms with Gasteiger partial charge in [0.15, 0.2) is 11.5 Å². The molecule has 9 nitrogen and oxygen atoms in total. The quantitative estimate of drug-likeness (QED) is 0.514. The fourth-order valence-corrected chi connectivity index (χ4v) is 4.76. The van der Waals surface area contributed by atoms with Gasteiger partial charge in [0, 0.05) is 38.9 Å². The molecular formula is C23H30N6O3S. The van der Waals surface area contributed by atoms with Gasteiger partial charge in [-0.05, 0) is 42.8 Å². The molecule has 4 rings (SSSR count). The zero-order chi connectivity index (χ0) is 23.2. The number of hydrogen-bond acceptors (Lipinski definition) is 8. The number of piperazine rings is 1. The molecule has 0 radical (unpaired) electrons. The second-order valence-corrected chi connectivity index (χ2v) is 8.68. The van der Waals surface area contributed by atoms with Crippen molar-refractivity contribution in [3.8, 4) is 16.6 Å². The van der Waals surface area contributed by atoms with Crippen LogP contribution in [0.2, 0.25) is 0 Å². The lowest BCUT2D eigenvalue weighted by Gasteiger charge is -2.33. The number of amides is 1. The molecule has 0 unspecified atom stereocenters. The second-order valence-electron chi connectivity index (χ2n) is 7.75. The van der Waals surface area contributed by atoms with Crippen molar-refractivity contribution < 1.29 is 14.3 Å². The van der Waals surface area contributed by atoms with Crippen molar-refractivity contribution in [2.75, 3.05) is 58.4 Å². The maximum absolute atomic E-state index is 12.9. The fraction of sp³-hybridized carbons (Fsp3) is 0.435. The number of aromatic nitrogens is 3. The van der Waals surface area contributed by atoms with Crippen molar-refractivity contribution in [1.82, 2.24) is 25.0 Å². The number of rotatable bonds is 9. The van der Waals surface area contributed by atoms with Crippen molar-refractivity contribution in [1.29, 1.82) is 0 Å². The van der Waals surface area contributed by atoms with Gasteiger partial charge in [0.1, 0.15) is 5.69 Å². The molecule has 3 aromatic rings. The Morgan fingerprint density at radius 2 is 1.82 bits per heavy atom. The van der Waals surface area contributed by atoms with E-state index in [0.29, 0.717) is 35.3 Å². The van der Waals surface area contributed by atoms with Gasteiger partial charge in [-0.1, -0.05) is 24.3 Å². The number of anilines is 1. The fourth-order valence-electron chi connectivity index (χ4n) is 3.87. The van der Waals surface area contributed by atoms with Gasteiger partial charge in [0.2, 0.25) is 10.3 Å². The van der Waals surface area contributed by atoms with Crippen molar-refractivity contribution in [3.63, 3.8) is 0 Å². The van der Waals surface area contributed by atoms with Crippen LogP contribution in [0, 0.1) is 0 Å². The first-order valence-electron chi connectivity index (χ1n) is 11.1. The van der Waals surface area contributed by atoms with Gasteiger partial charge < -0.3 is 24.6 Å². The number of nitrogens with one attached hydrogen (secondary N) is 1. The third kappa shape index (κ3) is 5.28. The van der Waals surface area contributed by atoms with Crippen LogP contribution in [0.15, 0.2) is 36.5 Å². The van der Waals surface area contributed by atoms with Gasteiger partial charge in [-0.3, -0.25) is 9.36 Å². The summed E-state index contributed by atoms with van der Waals surface area (Å²) in [6.45, 7) is 7.71. The van der Waals surface area contributed by atoms with E-state index < -0.39 is 0 Å². The topological polar surface area (TPSA) is 84.8 Å². The Balaban J connectivity index is 1.37. The van der Waals surface area contributed by atoms with Crippen LogP contribution in [-0.2, 0) is 6.42 Å². The van der Waals surface area contributed by atoms with Crippen LogP contribution in [0.1, 0.15) is 23.0 Å². The van der Waals surface area contributed by atoms with E-state index in [4.69, 9.17) is 9.47 Å². The molecule has 3 heterocycles. The highest BCUT2D eigenvalue weighted by atomic mass is 32.1. The van der Waals surface area contributed by atoms with Crippen LogP contribution < -0.4 is 19.7 Å². The smallest absolute Gasteiger partial charge is 0.268 e. The van der Waals surface area contributed by atoms with Crippen LogP contribution >= 0.6 is 11.3 Å². The minimum Gasteiger partial charge on any atom is -0.493 e. The van der Waals surface area contributed by atoms with E-state index in [1.165, 1.54) is 11.3 Å². The first kappa shape index (κ1) is 23.1. The van der Waals surface area contributed by atoms with Crippen molar-refractivity contribution in [2.45, 2.75) is 13.3 Å². The molecule has 1 saturated heterocycles. The average Bonchev–Trinajstić information content (AvgIpc) is 3.54. The molecule has 0 spiro atoms. The van der Waals surface area contributed by atoms with Crippen LogP contribution in [-0.4, -0.2) is 79.1 Å². The Kier molecular flexibility index (Phi) is 7.46. The third-order valence-electron chi connectivity index (χ3n) is 5.83. The highest BCUT2D eigenvalue weighted by Gasteiger charge is 2.21. The number of carbonyl (C=O) groups excluding carboxylic acids is 1. The normalized spacial score (nSPS) is 14.3. The number of nitrogens with zero attached hydrogens (tertiary/aromatic N) is 5. The van der Waals surface area contributed by atoms with Crippen molar-refractivity contribution >= 4 is 22.4 Å². The molecule has 33 heavy (non-hydrogen) atoms. The molecule has 176 valence electrons. The van der Waals surface area contributed by atoms with E-state index in [2.05, 4.69) is 32.2 Å². The summed E-state index contributed by atoms with van der Waals surface area (Å²) in [5.41, 5.74) is 1.60. The Morgan fingerprint density at radius 3 is 2.55 bits per heavy atom. The molecule has 0 saturated carbocycles. The van der Waals surface area contributed by atoms with E-state index in [1.54, 1.807) is 24.9 Å². The summed E-state index contributed by atoms with van der Waals surface area (Å²) < 4.78 is 12.4. The summed E-state index contributed by atoms with van der Waals surface area (Å²) in [7, 11) is 3.22. The zero-order valence-electron chi connectivity index (χ0n) is 19.3. The lowest BCUT2D eigenvalue weighted by atomic mass is 10.1. The Hall–Kier alpha value is -3.11. The Morgan fingerprint density at radius 1 is 1.06 bits per heavy atom. The third-order valence-corrected chi connectivity index (χ3v) is 6.81. The predicted molar refractivity (Wildman–Crippen MR) is 129 cm³/mol. The number of ether oxygens (including phenoxy) is 2. The van der Waals surface area contributed by atoms with Gasteiger partial charge in [-0.15, -0.1) is 10.2 Å². The average molecular weight is 471 g/mol. The van der Waals surface area contributed by atoms with E-state index in [1.807, 2.05) is 30.5 Å². The molecule has 1 N–H and O–H groups in total. The SMILES string of the molecule is CCN1CCN(c2nnc(-n3cccc3C(=O)NCCc3ccc(OC)c(OC)c3)s2)CC1. The minimum absolute atomic E-state index is 0.145. The van der Waals surface area contributed by atoms with Gasteiger partial charge in [-0.25, -0.2) is 0 Å². The van der Waals surface area contributed by atoms with Gasteiger partial charge in [0.25, 0.3) is 5.91 Å². The lowest BCUT2D eigenvalue weighted by molar-refractivity contribution is 0.0947. The number of likely N-dealkylation sites (N-methyl/N-ethyl adjacent to an activating group) is 1. The largest absolute Gasteiger partial charge is 0.493 e.